The van der Waals surface area contributed by atoms with E-state index in [1.807, 2.05) is 50.5 Å². The topological polar surface area (TPSA) is 34.0 Å². The van der Waals surface area contributed by atoms with Crippen LogP contribution in [0.4, 0.5) is 5.69 Å². The summed E-state index contributed by atoms with van der Waals surface area (Å²) in [6, 6.07) is 16.2. The van der Waals surface area contributed by atoms with Gasteiger partial charge in [0, 0.05) is 42.7 Å². The average Bonchev–Trinajstić information content (AvgIpc) is 3.04. The number of rotatable bonds is 7. The number of hydrogen-bond donors (Lipinski definition) is 0. The molecule has 0 radical (unpaired) electrons. The average molecular weight is 385 g/mol. The van der Waals surface area contributed by atoms with Crippen LogP contribution in [0.25, 0.3) is 11.4 Å². The Kier molecular flexibility index (Phi) is 6.01. The number of halogens is 1. The van der Waals surface area contributed by atoms with Gasteiger partial charge in [-0.1, -0.05) is 59.8 Å². The van der Waals surface area contributed by atoms with E-state index in [2.05, 4.69) is 44.4 Å². The third-order valence-electron chi connectivity index (χ3n) is 3.96. The van der Waals surface area contributed by atoms with Gasteiger partial charge in [-0.15, -0.1) is 16.8 Å². The van der Waals surface area contributed by atoms with Crippen LogP contribution in [0.2, 0.25) is 5.02 Å². The molecule has 4 nitrogen and oxygen atoms in total. The van der Waals surface area contributed by atoms with Gasteiger partial charge in [0.25, 0.3) is 0 Å². The third kappa shape index (κ3) is 4.11. The molecule has 0 aliphatic heterocycles. The molecule has 0 amide bonds. The van der Waals surface area contributed by atoms with E-state index >= 15 is 0 Å². The van der Waals surface area contributed by atoms with Crippen LogP contribution in [0.1, 0.15) is 5.56 Å². The summed E-state index contributed by atoms with van der Waals surface area (Å²) in [5, 5.41) is 10.5. The molecule has 0 aliphatic carbocycles. The second-order valence-corrected chi connectivity index (χ2v) is 7.38. The largest absolute Gasteiger partial charge is 0.378 e. The predicted octanol–water partition coefficient (Wildman–Crippen LogP) is 5.14. The Hall–Kier alpha value is -2.24. The molecule has 0 fully saturated rings. The van der Waals surface area contributed by atoms with Crippen LogP contribution in [-0.4, -0.2) is 28.9 Å². The first-order chi connectivity index (χ1) is 12.6. The highest BCUT2D eigenvalue weighted by Gasteiger charge is 2.14. The van der Waals surface area contributed by atoms with E-state index in [0.29, 0.717) is 6.54 Å². The van der Waals surface area contributed by atoms with E-state index in [-0.39, 0.29) is 0 Å². The SMILES string of the molecule is C=CCn1c(SCc2ccccc2Cl)nnc1-c1cccc(N(C)C)c1. The number of thioether (sulfide) groups is 1. The Morgan fingerprint density at radius 2 is 1.96 bits per heavy atom. The van der Waals surface area contributed by atoms with E-state index in [1.54, 1.807) is 11.8 Å². The standard InChI is InChI=1S/C20H21ClN4S/c1-4-12-25-19(15-9-7-10-17(13-15)24(2)3)22-23-20(25)26-14-16-8-5-6-11-18(16)21/h4-11,13H,1,12,14H2,2-3H3. The Bertz CT molecular complexity index is 904. The number of nitrogens with zero attached hydrogens (tertiary/aromatic N) is 4. The van der Waals surface area contributed by atoms with Crippen molar-refractivity contribution >= 4 is 29.1 Å². The number of anilines is 1. The maximum Gasteiger partial charge on any atom is 0.192 e. The van der Waals surface area contributed by atoms with Crippen molar-refractivity contribution in [2.75, 3.05) is 19.0 Å². The zero-order chi connectivity index (χ0) is 18.5. The van der Waals surface area contributed by atoms with Crippen molar-refractivity contribution in [1.82, 2.24) is 14.8 Å². The van der Waals surface area contributed by atoms with Crippen LogP contribution in [0.3, 0.4) is 0 Å². The summed E-state index contributed by atoms with van der Waals surface area (Å²) in [6.07, 6.45) is 1.86. The molecule has 0 saturated heterocycles. The van der Waals surface area contributed by atoms with Crippen molar-refractivity contribution in [3.8, 4) is 11.4 Å². The van der Waals surface area contributed by atoms with E-state index in [4.69, 9.17) is 11.6 Å². The van der Waals surface area contributed by atoms with Gasteiger partial charge >= 0.3 is 0 Å². The van der Waals surface area contributed by atoms with Crippen molar-refractivity contribution in [3.63, 3.8) is 0 Å². The highest BCUT2D eigenvalue weighted by Crippen LogP contribution is 2.29. The molecule has 0 bridgehead atoms. The minimum Gasteiger partial charge on any atom is -0.378 e. The van der Waals surface area contributed by atoms with E-state index < -0.39 is 0 Å². The first-order valence-corrected chi connectivity index (χ1v) is 9.64. The van der Waals surface area contributed by atoms with Gasteiger partial charge in [-0.3, -0.25) is 4.57 Å². The first-order valence-electron chi connectivity index (χ1n) is 8.28. The van der Waals surface area contributed by atoms with Crippen molar-refractivity contribution in [2.45, 2.75) is 17.5 Å². The molecular weight excluding hydrogens is 364 g/mol. The van der Waals surface area contributed by atoms with Crippen LogP contribution < -0.4 is 4.90 Å². The highest BCUT2D eigenvalue weighted by atomic mass is 35.5. The molecule has 0 unspecified atom stereocenters. The molecular formula is C20H21ClN4S. The molecule has 0 saturated carbocycles. The lowest BCUT2D eigenvalue weighted by Crippen LogP contribution is -2.08. The summed E-state index contributed by atoms with van der Waals surface area (Å²) < 4.78 is 2.09. The fourth-order valence-electron chi connectivity index (χ4n) is 2.58. The minimum absolute atomic E-state index is 0.652. The van der Waals surface area contributed by atoms with Crippen LogP contribution in [0.5, 0.6) is 0 Å². The molecule has 0 spiro atoms. The van der Waals surface area contributed by atoms with Crippen LogP contribution in [0.15, 0.2) is 66.3 Å². The van der Waals surface area contributed by atoms with Gasteiger partial charge in [0.2, 0.25) is 0 Å². The summed E-state index contributed by atoms with van der Waals surface area (Å²) in [5.74, 6) is 1.59. The fourth-order valence-corrected chi connectivity index (χ4v) is 3.82. The Balaban J connectivity index is 1.90. The summed E-state index contributed by atoms with van der Waals surface area (Å²) in [4.78, 5) is 2.07. The van der Waals surface area contributed by atoms with E-state index in [9.17, 15) is 0 Å². The molecule has 0 atom stereocenters. The maximum atomic E-state index is 6.26. The highest BCUT2D eigenvalue weighted by molar-refractivity contribution is 7.98. The Morgan fingerprint density at radius 3 is 2.69 bits per heavy atom. The molecule has 26 heavy (non-hydrogen) atoms. The molecule has 1 heterocycles. The third-order valence-corrected chi connectivity index (χ3v) is 5.35. The van der Waals surface area contributed by atoms with Gasteiger partial charge in [0.05, 0.1) is 0 Å². The van der Waals surface area contributed by atoms with Gasteiger partial charge in [0.1, 0.15) is 0 Å². The van der Waals surface area contributed by atoms with E-state index in [1.165, 1.54) is 0 Å². The quantitative estimate of drug-likeness (QED) is 0.417. The van der Waals surface area contributed by atoms with Gasteiger partial charge in [-0.2, -0.15) is 0 Å². The van der Waals surface area contributed by atoms with Crippen LogP contribution in [0, 0.1) is 0 Å². The summed E-state index contributed by atoms with van der Waals surface area (Å²) >= 11 is 7.89. The monoisotopic (exact) mass is 384 g/mol. The summed E-state index contributed by atoms with van der Waals surface area (Å²) in [5.41, 5.74) is 3.25. The number of hydrogen-bond acceptors (Lipinski definition) is 4. The molecule has 134 valence electrons. The lowest BCUT2D eigenvalue weighted by molar-refractivity contribution is 0.731. The van der Waals surface area contributed by atoms with Crippen molar-refractivity contribution in [3.05, 3.63) is 71.8 Å². The summed E-state index contributed by atoms with van der Waals surface area (Å²) in [6.45, 7) is 4.53. The number of allylic oxidation sites excluding steroid dienone is 1. The second-order valence-electron chi connectivity index (χ2n) is 6.03. The molecule has 6 heteroatoms. The number of benzene rings is 2. The zero-order valence-electron chi connectivity index (χ0n) is 14.9. The van der Waals surface area contributed by atoms with E-state index in [0.717, 1.165) is 38.6 Å². The molecule has 3 aromatic rings. The molecule has 1 aromatic heterocycles. The van der Waals surface area contributed by atoms with Crippen molar-refractivity contribution in [1.29, 1.82) is 0 Å². The van der Waals surface area contributed by atoms with Gasteiger partial charge < -0.3 is 4.90 Å². The predicted molar refractivity (Wildman–Crippen MR) is 111 cm³/mol. The lowest BCUT2D eigenvalue weighted by Gasteiger charge is -2.14. The lowest BCUT2D eigenvalue weighted by atomic mass is 10.2. The minimum atomic E-state index is 0.652. The van der Waals surface area contributed by atoms with Crippen molar-refractivity contribution < 1.29 is 0 Å². The fraction of sp³-hybridized carbons (Fsp3) is 0.200. The zero-order valence-corrected chi connectivity index (χ0v) is 16.5. The van der Waals surface area contributed by atoms with Crippen LogP contribution in [-0.2, 0) is 12.3 Å². The number of aromatic nitrogens is 3. The Morgan fingerprint density at radius 1 is 1.15 bits per heavy atom. The molecule has 0 aliphatic rings. The second kappa shape index (κ2) is 8.43. The smallest absolute Gasteiger partial charge is 0.192 e. The van der Waals surface area contributed by atoms with Crippen molar-refractivity contribution in [2.24, 2.45) is 0 Å². The molecule has 2 aromatic carbocycles. The first kappa shape index (κ1) is 18.5. The Labute approximate surface area is 163 Å². The van der Waals surface area contributed by atoms with Gasteiger partial charge in [-0.05, 0) is 23.8 Å². The maximum absolute atomic E-state index is 6.26. The summed E-state index contributed by atoms with van der Waals surface area (Å²) in [7, 11) is 4.05. The molecule has 0 N–H and O–H groups in total. The van der Waals surface area contributed by atoms with Gasteiger partial charge in [0.15, 0.2) is 11.0 Å². The normalized spacial score (nSPS) is 10.7. The molecule has 3 rings (SSSR count). The van der Waals surface area contributed by atoms with Crippen LogP contribution >= 0.6 is 23.4 Å². The van der Waals surface area contributed by atoms with Gasteiger partial charge in [-0.25, -0.2) is 0 Å².